The Kier molecular flexibility index (Phi) is 7.52. The van der Waals surface area contributed by atoms with E-state index in [-0.39, 0.29) is 23.5 Å². The second-order valence-corrected chi connectivity index (χ2v) is 11.1. The van der Waals surface area contributed by atoms with E-state index in [4.69, 9.17) is 0 Å². The largest absolute Gasteiger partial charge is 0.339 e. The van der Waals surface area contributed by atoms with Crippen molar-refractivity contribution in [3.63, 3.8) is 0 Å². The van der Waals surface area contributed by atoms with Gasteiger partial charge >= 0.3 is 0 Å². The van der Waals surface area contributed by atoms with Gasteiger partial charge in [-0.25, -0.2) is 4.98 Å². The van der Waals surface area contributed by atoms with Crippen LogP contribution in [-0.2, 0) is 4.79 Å². The maximum absolute atomic E-state index is 13.1. The first-order chi connectivity index (χ1) is 18.0. The molecular formula is C28H26N4O3S2. The lowest BCUT2D eigenvalue weighted by molar-refractivity contribution is -0.113. The quantitative estimate of drug-likeness (QED) is 0.294. The molecule has 0 radical (unpaired) electrons. The van der Waals surface area contributed by atoms with Crippen LogP contribution in [0.1, 0.15) is 39.1 Å². The monoisotopic (exact) mass is 530 g/mol. The average molecular weight is 531 g/mol. The van der Waals surface area contributed by atoms with Gasteiger partial charge in [0.2, 0.25) is 5.91 Å². The molecule has 188 valence electrons. The number of benzene rings is 3. The molecule has 0 unspecified atom stereocenters. The summed E-state index contributed by atoms with van der Waals surface area (Å²) in [6.07, 6.45) is 1.99. The van der Waals surface area contributed by atoms with E-state index >= 15 is 0 Å². The van der Waals surface area contributed by atoms with Crippen molar-refractivity contribution in [1.29, 1.82) is 0 Å². The minimum Gasteiger partial charge on any atom is -0.339 e. The molecule has 2 heterocycles. The minimum absolute atomic E-state index is 0.0892. The summed E-state index contributed by atoms with van der Waals surface area (Å²) >= 11 is 2.85. The predicted octanol–water partition coefficient (Wildman–Crippen LogP) is 5.82. The number of aryl methyl sites for hydroxylation is 1. The molecule has 0 spiro atoms. The van der Waals surface area contributed by atoms with Gasteiger partial charge in [-0.1, -0.05) is 42.1 Å². The van der Waals surface area contributed by atoms with Crippen molar-refractivity contribution >= 4 is 62.4 Å². The molecule has 0 atom stereocenters. The number of para-hydroxylation sites is 1. The minimum atomic E-state index is -0.325. The van der Waals surface area contributed by atoms with Gasteiger partial charge in [0.25, 0.3) is 11.8 Å². The number of thiazole rings is 1. The molecule has 2 N–H and O–H groups in total. The molecule has 0 aliphatic carbocycles. The molecule has 37 heavy (non-hydrogen) atoms. The molecule has 0 saturated carbocycles. The van der Waals surface area contributed by atoms with Crippen molar-refractivity contribution in [1.82, 2.24) is 9.88 Å². The van der Waals surface area contributed by atoms with Crippen LogP contribution in [-0.4, -0.2) is 46.4 Å². The molecule has 4 aromatic rings. The van der Waals surface area contributed by atoms with Gasteiger partial charge in [0.1, 0.15) is 0 Å². The Bertz CT molecular complexity index is 1480. The lowest BCUT2D eigenvalue weighted by atomic mass is 10.1. The Hall–Kier alpha value is -3.69. The Morgan fingerprint density at radius 1 is 0.946 bits per heavy atom. The van der Waals surface area contributed by atoms with Gasteiger partial charge < -0.3 is 15.5 Å². The first kappa shape index (κ1) is 25.0. The van der Waals surface area contributed by atoms with Gasteiger partial charge in [-0.3, -0.25) is 14.4 Å². The Morgan fingerprint density at radius 2 is 1.68 bits per heavy atom. The topological polar surface area (TPSA) is 91.4 Å². The molecule has 1 aliphatic rings. The first-order valence-electron chi connectivity index (χ1n) is 12.1. The van der Waals surface area contributed by atoms with E-state index in [9.17, 15) is 14.4 Å². The van der Waals surface area contributed by atoms with Crippen molar-refractivity contribution < 1.29 is 14.4 Å². The third-order valence-corrected chi connectivity index (χ3v) is 8.33. The van der Waals surface area contributed by atoms with Crippen molar-refractivity contribution in [2.45, 2.75) is 24.1 Å². The molecule has 1 aliphatic heterocycles. The van der Waals surface area contributed by atoms with Crippen LogP contribution in [0.5, 0.6) is 0 Å². The molecule has 1 fully saturated rings. The highest BCUT2D eigenvalue weighted by atomic mass is 32.2. The standard InChI is InChI=1S/C28H26N4O3S2/c1-18-8-2-5-11-22(18)30-25(33)17-36-28-31-23-13-12-19(16-24(23)37-28)29-26(34)20-9-3-4-10-21(20)27(35)32-14-6-7-15-32/h2-5,8-13,16H,6-7,14-15,17H2,1H3,(H,29,34)(H,30,33). The number of fused-ring (bicyclic) bond motifs is 1. The van der Waals surface area contributed by atoms with Crippen LogP contribution in [0.15, 0.2) is 71.1 Å². The number of rotatable bonds is 7. The van der Waals surface area contributed by atoms with Crippen molar-refractivity contribution in [2.24, 2.45) is 0 Å². The number of carbonyl (C=O) groups excluding carboxylic acids is 3. The Labute approximate surface area is 223 Å². The SMILES string of the molecule is Cc1ccccc1NC(=O)CSc1nc2ccc(NC(=O)c3ccccc3C(=O)N3CCCC3)cc2s1. The summed E-state index contributed by atoms with van der Waals surface area (Å²) in [5.41, 5.74) is 4.02. The summed E-state index contributed by atoms with van der Waals surface area (Å²) in [6.45, 7) is 3.41. The maximum atomic E-state index is 13.1. The number of hydrogen-bond donors (Lipinski definition) is 2. The number of thioether (sulfide) groups is 1. The highest BCUT2D eigenvalue weighted by Crippen LogP contribution is 2.31. The zero-order valence-electron chi connectivity index (χ0n) is 20.3. The smallest absolute Gasteiger partial charge is 0.256 e. The molecule has 1 aromatic heterocycles. The van der Waals surface area contributed by atoms with Crippen LogP contribution in [0, 0.1) is 6.92 Å². The van der Waals surface area contributed by atoms with E-state index < -0.39 is 0 Å². The van der Waals surface area contributed by atoms with Gasteiger partial charge in [0, 0.05) is 24.5 Å². The third kappa shape index (κ3) is 5.84. The Morgan fingerprint density at radius 3 is 2.46 bits per heavy atom. The van der Waals surface area contributed by atoms with E-state index in [1.807, 2.05) is 43.3 Å². The van der Waals surface area contributed by atoms with E-state index in [1.54, 1.807) is 35.2 Å². The van der Waals surface area contributed by atoms with Crippen molar-refractivity contribution in [3.05, 3.63) is 83.4 Å². The number of amides is 3. The van der Waals surface area contributed by atoms with Gasteiger partial charge in [-0.2, -0.15) is 0 Å². The van der Waals surface area contributed by atoms with Gasteiger partial charge in [0.05, 0.1) is 27.1 Å². The summed E-state index contributed by atoms with van der Waals surface area (Å²) in [5.74, 6) is -0.267. The average Bonchev–Trinajstić information content (AvgIpc) is 3.58. The zero-order valence-corrected chi connectivity index (χ0v) is 22.0. The van der Waals surface area contributed by atoms with Gasteiger partial charge in [0.15, 0.2) is 4.34 Å². The van der Waals surface area contributed by atoms with E-state index in [2.05, 4.69) is 15.6 Å². The fourth-order valence-electron chi connectivity index (χ4n) is 4.23. The van der Waals surface area contributed by atoms with Crippen LogP contribution < -0.4 is 10.6 Å². The summed E-state index contributed by atoms with van der Waals surface area (Å²) in [6, 6.07) is 20.1. The number of likely N-dealkylation sites (tertiary alicyclic amines) is 1. The zero-order chi connectivity index (χ0) is 25.8. The van der Waals surface area contributed by atoms with Crippen LogP contribution in [0.3, 0.4) is 0 Å². The molecule has 9 heteroatoms. The third-order valence-electron chi connectivity index (χ3n) is 6.17. The van der Waals surface area contributed by atoms with E-state index in [1.165, 1.54) is 23.1 Å². The number of anilines is 2. The van der Waals surface area contributed by atoms with Crippen LogP contribution in [0.4, 0.5) is 11.4 Å². The number of aromatic nitrogens is 1. The highest BCUT2D eigenvalue weighted by molar-refractivity contribution is 8.01. The summed E-state index contributed by atoms with van der Waals surface area (Å²) in [7, 11) is 0. The predicted molar refractivity (Wildman–Crippen MR) is 150 cm³/mol. The van der Waals surface area contributed by atoms with E-state index in [0.717, 1.165) is 51.7 Å². The Balaban J connectivity index is 1.25. The number of carbonyl (C=O) groups is 3. The van der Waals surface area contributed by atoms with Crippen molar-refractivity contribution in [2.75, 3.05) is 29.5 Å². The number of nitrogens with zero attached hydrogens (tertiary/aromatic N) is 2. The second kappa shape index (κ2) is 11.1. The maximum Gasteiger partial charge on any atom is 0.256 e. The molecule has 3 amide bonds. The number of hydrogen-bond acceptors (Lipinski definition) is 6. The molecule has 3 aromatic carbocycles. The highest BCUT2D eigenvalue weighted by Gasteiger charge is 2.24. The fourth-order valence-corrected chi connectivity index (χ4v) is 6.13. The summed E-state index contributed by atoms with van der Waals surface area (Å²) < 4.78 is 1.68. The lowest BCUT2D eigenvalue weighted by Crippen LogP contribution is -2.29. The fraction of sp³-hybridized carbons (Fsp3) is 0.214. The van der Waals surface area contributed by atoms with E-state index in [0.29, 0.717) is 16.8 Å². The van der Waals surface area contributed by atoms with Crippen LogP contribution >= 0.6 is 23.1 Å². The lowest BCUT2D eigenvalue weighted by Gasteiger charge is -2.17. The summed E-state index contributed by atoms with van der Waals surface area (Å²) in [4.78, 5) is 44.8. The normalized spacial score (nSPS) is 13.1. The first-order valence-corrected chi connectivity index (χ1v) is 13.9. The molecule has 5 rings (SSSR count). The van der Waals surface area contributed by atoms with Crippen LogP contribution in [0.2, 0.25) is 0 Å². The number of nitrogens with one attached hydrogen (secondary N) is 2. The van der Waals surface area contributed by atoms with Gasteiger partial charge in [-0.05, 0) is 61.7 Å². The summed E-state index contributed by atoms with van der Waals surface area (Å²) in [5, 5.41) is 5.86. The van der Waals surface area contributed by atoms with Crippen LogP contribution in [0.25, 0.3) is 10.2 Å². The molecule has 7 nitrogen and oxygen atoms in total. The molecule has 0 bridgehead atoms. The van der Waals surface area contributed by atoms with Crippen molar-refractivity contribution in [3.8, 4) is 0 Å². The molecular weight excluding hydrogens is 504 g/mol. The van der Waals surface area contributed by atoms with Gasteiger partial charge in [-0.15, -0.1) is 11.3 Å². The molecule has 1 saturated heterocycles. The second-order valence-electron chi connectivity index (χ2n) is 8.81.